The molecular formula is C115H274Cl4N4O12. The Bertz CT molecular complexity index is 2610. The fraction of sp³-hybridized carbons (Fsp3) is 0.791. The highest BCUT2D eigenvalue weighted by Crippen LogP contribution is 2.27. The van der Waals surface area contributed by atoms with Crippen molar-refractivity contribution >= 4 is 35.8 Å². The molecule has 0 aromatic heterocycles. The molecule has 3 aromatic carbocycles. The summed E-state index contributed by atoms with van der Waals surface area (Å²) >= 11 is 0. The summed E-state index contributed by atoms with van der Waals surface area (Å²) in [6.45, 7) is 56.9. The second-order valence-corrected chi connectivity index (χ2v) is 35.1. The van der Waals surface area contributed by atoms with Crippen LogP contribution >= 0.6 is 0 Å². The Balaban J connectivity index is -0.0000000223. The van der Waals surface area contributed by atoms with Gasteiger partial charge in [0.25, 0.3) is 0 Å². The van der Waals surface area contributed by atoms with Crippen molar-refractivity contribution in [2.24, 2.45) is 33.0 Å². The van der Waals surface area contributed by atoms with Gasteiger partial charge in [-0.25, -0.2) is 0 Å². The van der Waals surface area contributed by atoms with Crippen molar-refractivity contribution in [3.05, 3.63) is 107 Å². The lowest BCUT2D eigenvalue weighted by Gasteiger charge is -2.26. The average molecular weight is 2050 g/mol. The highest BCUT2D eigenvalue weighted by molar-refractivity contribution is 5.77. The van der Waals surface area contributed by atoms with Gasteiger partial charge in [0.2, 0.25) is 20.2 Å². The van der Waals surface area contributed by atoms with Gasteiger partial charge in [-0.05, 0) is 180 Å². The van der Waals surface area contributed by atoms with Gasteiger partial charge >= 0.3 is 35.8 Å². The first-order chi connectivity index (χ1) is 47.8. The molecule has 5 unspecified atom stereocenters. The molecule has 0 saturated carbocycles. The Morgan fingerprint density at radius 1 is 0.267 bits per heavy atom. The molecule has 0 spiro atoms. The maximum Gasteiger partial charge on any atom is 0.315 e. The number of ether oxygens (including phenoxy) is 6. The third kappa shape index (κ3) is 136. The van der Waals surface area contributed by atoms with Gasteiger partial charge in [0.1, 0.15) is 6.54 Å². The van der Waals surface area contributed by atoms with Crippen molar-refractivity contribution in [1.29, 1.82) is 0 Å². The van der Waals surface area contributed by atoms with Gasteiger partial charge in [-0.15, -0.1) is 0 Å². The lowest BCUT2D eigenvalue weighted by atomic mass is 9.91. The zero-order valence-corrected chi connectivity index (χ0v) is 80.8. The maximum atomic E-state index is 11.5. The van der Waals surface area contributed by atoms with Crippen LogP contribution in [0.5, 0.6) is 0 Å². The molecule has 0 aliphatic heterocycles. The maximum absolute atomic E-state index is 11.5. The fourth-order valence-electron chi connectivity index (χ4n) is 7.25. The summed E-state index contributed by atoms with van der Waals surface area (Å²) in [6.07, 6.45) is 8.99. The number of benzene rings is 3. The number of nitrogens with zero attached hydrogens (tertiary/aromatic N) is 4. The third-order valence-corrected chi connectivity index (χ3v) is 17.8. The topological polar surface area (TPSA) is 158 Å². The van der Waals surface area contributed by atoms with Gasteiger partial charge < -0.3 is 82.5 Å². The molecule has 0 aliphatic rings. The van der Waals surface area contributed by atoms with Gasteiger partial charge in [0, 0.05) is 5.56 Å². The molecule has 0 aliphatic carbocycles. The van der Waals surface area contributed by atoms with Crippen molar-refractivity contribution in [1.82, 2.24) is 0 Å². The standard InChI is InChI=1S/C14H24N.C14H22.3C10H22NO2.C10H14.C7H14O2.2C6H12O2.C2H6.26CH4.4ClH/c1-6-12(2)14-9-7-13(8-10-14)11-15(3,4)5;1-5-11(3)13-7-9-14(10-8-13)12(4)6-2;3*1-7-10(2,3)9(12)13-8-11(4,5)6;1-3-9(2)10-7-5-4-6-8-10;1-5-7(2,3)6(8)9-4;1-6(2,3)5(7)8-4;1-4-5(2)6(7)8-3;1-2;;;;;;;;;;;;;;;;;;;;;;;;;;;;;;/h7-10,12H,6,11H2,1-5H3;7-12H,5-6H2,1-4H3;3*7-8H2,1-6H3;4-9H,3H2,1-2H3;5H2,1-4H3;1-4H3;5H,4H2,1-3H3;1-2H3;26*1H4;4*1H/q+1;;3*+1;;;;;;;;;;;;;;;;;;;;;;;;;;;;;;;;;;;/p-4. The Labute approximate surface area is 888 Å². The Hall–Kier alpha value is -4.52. The minimum Gasteiger partial charge on any atom is -1.00 e. The van der Waals surface area contributed by atoms with Crippen LogP contribution in [0.4, 0.5) is 0 Å². The zero-order chi connectivity index (χ0) is 84.4. The minimum atomic E-state index is -0.352. The Kier molecular flexibility index (Phi) is 236. The summed E-state index contributed by atoms with van der Waals surface area (Å²) in [5.74, 6) is 2.09. The predicted molar refractivity (Wildman–Crippen MR) is 620 cm³/mol. The smallest absolute Gasteiger partial charge is 0.315 e. The molecule has 0 bridgehead atoms. The van der Waals surface area contributed by atoms with E-state index in [0.29, 0.717) is 57.3 Å². The van der Waals surface area contributed by atoms with Crippen molar-refractivity contribution in [2.75, 3.05) is 126 Å². The number of hydrogen-bond donors (Lipinski definition) is 0. The van der Waals surface area contributed by atoms with E-state index in [2.05, 4.69) is 170 Å². The minimum absolute atomic E-state index is 0. The van der Waals surface area contributed by atoms with Crippen LogP contribution in [0.1, 0.15) is 489 Å². The molecule has 0 amide bonds. The van der Waals surface area contributed by atoms with E-state index < -0.39 is 0 Å². The number of halogens is 4. The van der Waals surface area contributed by atoms with Gasteiger partial charge in [-0.1, -0.05) is 383 Å². The summed E-state index contributed by atoms with van der Waals surface area (Å²) in [5.41, 5.74) is 5.56. The first kappa shape index (κ1) is 250. The number of carbonyl (C=O) groups is 6. The first-order valence-corrected chi connectivity index (χ1v) is 39.0. The molecule has 0 N–H and O–H groups in total. The summed E-state index contributed by atoms with van der Waals surface area (Å²) < 4.78 is 32.0. The zero-order valence-electron chi connectivity index (χ0n) is 77.8. The van der Waals surface area contributed by atoms with E-state index in [0.717, 1.165) is 43.1 Å². The molecule has 16 nitrogen and oxygen atoms in total. The fourth-order valence-corrected chi connectivity index (χ4v) is 7.25. The molecule has 854 valence electrons. The van der Waals surface area contributed by atoms with Crippen LogP contribution in [-0.4, -0.2) is 180 Å². The van der Waals surface area contributed by atoms with Gasteiger partial charge in [0.05, 0.1) is 139 Å². The van der Waals surface area contributed by atoms with E-state index in [9.17, 15) is 28.8 Å². The van der Waals surface area contributed by atoms with E-state index >= 15 is 0 Å². The number of hydrogen-bond acceptors (Lipinski definition) is 12. The van der Waals surface area contributed by atoms with Crippen LogP contribution in [0.3, 0.4) is 0 Å². The summed E-state index contributed by atoms with van der Waals surface area (Å²) in [4.78, 5) is 66.5. The highest BCUT2D eigenvalue weighted by Gasteiger charge is 2.31. The molecule has 0 heterocycles. The summed E-state index contributed by atoms with van der Waals surface area (Å²) in [7, 11) is 28.8. The molecule has 3 rings (SSSR count). The van der Waals surface area contributed by atoms with E-state index in [1.165, 1.54) is 74.8 Å². The second kappa shape index (κ2) is 127. The van der Waals surface area contributed by atoms with Crippen molar-refractivity contribution in [3.63, 3.8) is 0 Å². The van der Waals surface area contributed by atoms with E-state index in [1.54, 1.807) is 0 Å². The van der Waals surface area contributed by atoms with Crippen LogP contribution in [0.15, 0.2) is 78.9 Å². The van der Waals surface area contributed by atoms with Crippen LogP contribution in [0.25, 0.3) is 0 Å². The van der Waals surface area contributed by atoms with Crippen molar-refractivity contribution in [3.8, 4) is 0 Å². The van der Waals surface area contributed by atoms with E-state index in [1.807, 2.05) is 195 Å². The largest absolute Gasteiger partial charge is 1.00 e. The second-order valence-electron chi connectivity index (χ2n) is 35.1. The van der Waals surface area contributed by atoms with Crippen molar-refractivity contribution < 1.29 is 125 Å². The molecule has 0 fully saturated rings. The Morgan fingerprint density at radius 2 is 0.452 bits per heavy atom. The van der Waals surface area contributed by atoms with Crippen LogP contribution in [-0.2, 0) is 63.7 Å². The monoisotopic (exact) mass is 2040 g/mol. The van der Waals surface area contributed by atoms with Crippen LogP contribution in [0.2, 0.25) is 0 Å². The van der Waals surface area contributed by atoms with Gasteiger partial charge in [0.15, 0.2) is 0 Å². The molecule has 0 radical (unpaired) electrons. The van der Waals surface area contributed by atoms with E-state index in [-0.39, 0.29) is 312 Å². The Morgan fingerprint density at radius 3 is 0.578 bits per heavy atom. The number of methoxy groups -OCH3 is 3. The highest BCUT2D eigenvalue weighted by atomic mass is 35.5. The molecule has 3 aromatic rings. The number of esters is 6. The summed E-state index contributed by atoms with van der Waals surface area (Å²) in [5, 5.41) is 0. The number of quaternary nitrogens is 4. The lowest BCUT2D eigenvalue weighted by Crippen LogP contribution is -3.00. The van der Waals surface area contributed by atoms with Crippen LogP contribution < -0.4 is 49.6 Å². The van der Waals surface area contributed by atoms with Crippen LogP contribution in [0, 0.1) is 33.0 Å². The van der Waals surface area contributed by atoms with Gasteiger partial charge in [-0.3, -0.25) is 42.2 Å². The quantitative estimate of drug-likeness (QED) is 0.0325. The van der Waals surface area contributed by atoms with Gasteiger partial charge in [-0.2, -0.15) is 0 Å². The lowest BCUT2D eigenvalue weighted by molar-refractivity contribution is -0.888. The first-order valence-electron chi connectivity index (χ1n) is 39.0. The average Bonchev–Trinajstić information content (AvgIpc) is 0.883. The number of carbonyl (C=O) groups excluding carboxylic acids is 6. The third-order valence-electron chi connectivity index (χ3n) is 17.8. The predicted octanol–water partition coefficient (Wildman–Crippen LogP) is 25.8. The molecule has 135 heavy (non-hydrogen) atoms. The normalized spacial score (nSPS) is 9.97. The van der Waals surface area contributed by atoms with Crippen molar-refractivity contribution in [2.45, 2.75) is 468 Å². The van der Waals surface area contributed by atoms with E-state index in [4.69, 9.17) is 14.2 Å². The molecular weight excluding hydrogens is 1770 g/mol. The molecule has 20 heteroatoms. The molecule has 0 saturated heterocycles. The summed E-state index contributed by atoms with van der Waals surface area (Å²) in [6, 6.07) is 28.9. The SMILES string of the molecule is C.C.C.C.C.C.C.C.C.C.C.C.C.C.C.C.C.C.C.C.C.C.C.C.C.C.CC.CCC(C)(C)C(=O)OC.CCC(C)(C)C(=O)OC[N+](C)(C)C.CCC(C)(C)C(=O)OC[N+](C)(C)C.CCC(C)(C)C(=O)OC[N+](C)(C)C.CCC(C)C(=O)OC.CCC(C)c1ccc(C(C)CC)cc1.CCC(C)c1ccc(C[N+](C)(C)C)cc1.CCC(C)c1ccccc1.COC(=O)C(C)(C)C.[Cl-].[Cl-].[Cl-].[Cl-]. The number of rotatable bonds is 26. The molecule has 5 atom stereocenters.